The molecule has 3 aromatic rings. The molecule has 1 N–H and O–H groups in total. The first-order valence-corrected chi connectivity index (χ1v) is 10.9. The minimum absolute atomic E-state index is 0.0805. The van der Waals surface area contributed by atoms with E-state index in [-0.39, 0.29) is 11.2 Å². The van der Waals surface area contributed by atoms with Crippen LogP contribution in [-0.2, 0) is 10.2 Å². The molecule has 0 saturated carbocycles. The lowest BCUT2D eigenvalue weighted by molar-refractivity contribution is -0.118. The zero-order valence-corrected chi connectivity index (χ0v) is 18.9. The molecular weight excluding hydrogens is 398 g/mol. The van der Waals surface area contributed by atoms with Crippen LogP contribution < -0.4 is 10.2 Å². The fraction of sp³-hybridized carbons (Fsp3) is 0.308. The molecule has 1 atom stereocenters. The highest BCUT2D eigenvalue weighted by Gasteiger charge is 2.47. The molecule has 0 fully saturated rings. The number of ketones is 1. The molecule has 1 aliphatic carbocycles. The molecule has 2 aliphatic rings. The highest BCUT2D eigenvalue weighted by atomic mass is 16.1. The van der Waals surface area contributed by atoms with Crippen molar-refractivity contribution >= 4 is 23.2 Å². The summed E-state index contributed by atoms with van der Waals surface area (Å²) in [5, 5.41) is 3.49. The van der Waals surface area contributed by atoms with Crippen molar-refractivity contribution in [3.05, 3.63) is 83.5 Å². The Bertz CT molecular complexity index is 1230. The van der Waals surface area contributed by atoms with Gasteiger partial charge in [-0.2, -0.15) is 0 Å². The van der Waals surface area contributed by atoms with E-state index >= 15 is 0 Å². The van der Waals surface area contributed by atoms with Crippen molar-refractivity contribution in [2.24, 2.45) is 5.41 Å². The standard InChI is InChI=1S/C26H27N5O/c1-25(2)15-20-22(21(32)16-25)26(3,19-10-6-11-27-23(19)30-20)17-8-5-9-18(14-17)31(4)24-28-12-7-13-29-24/h5-14H,15-16H2,1-4H3,(H,27,30)/t26-/m0/s1. The molecular formula is C26H27N5O. The zero-order valence-electron chi connectivity index (χ0n) is 18.9. The highest BCUT2D eigenvalue weighted by Crippen LogP contribution is 2.52. The predicted molar refractivity (Wildman–Crippen MR) is 126 cm³/mol. The van der Waals surface area contributed by atoms with Gasteiger partial charge >= 0.3 is 0 Å². The maximum Gasteiger partial charge on any atom is 0.229 e. The molecule has 0 bridgehead atoms. The third-order valence-corrected chi connectivity index (χ3v) is 6.65. The number of nitrogens with one attached hydrogen (secondary N) is 1. The zero-order chi connectivity index (χ0) is 22.5. The van der Waals surface area contributed by atoms with Crippen LogP contribution in [0.25, 0.3) is 0 Å². The van der Waals surface area contributed by atoms with Crippen LogP contribution in [0.3, 0.4) is 0 Å². The molecule has 3 heterocycles. The van der Waals surface area contributed by atoms with E-state index in [0.29, 0.717) is 12.4 Å². The largest absolute Gasteiger partial charge is 0.343 e. The molecule has 1 aromatic carbocycles. The Kier molecular flexibility index (Phi) is 4.62. The number of aromatic nitrogens is 3. The van der Waals surface area contributed by atoms with Crippen LogP contribution in [0, 0.1) is 5.41 Å². The minimum atomic E-state index is -0.605. The van der Waals surface area contributed by atoms with Crippen LogP contribution in [0.2, 0.25) is 0 Å². The number of hydrogen-bond acceptors (Lipinski definition) is 6. The van der Waals surface area contributed by atoms with E-state index in [4.69, 9.17) is 0 Å². The maximum absolute atomic E-state index is 13.5. The van der Waals surface area contributed by atoms with E-state index in [9.17, 15) is 4.79 Å². The quantitative estimate of drug-likeness (QED) is 0.636. The molecule has 0 saturated heterocycles. The number of pyridine rings is 1. The van der Waals surface area contributed by atoms with Crippen molar-refractivity contribution in [3.8, 4) is 0 Å². The van der Waals surface area contributed by atoms with Crippen molar-refractivity contribution in [3.63, 3.8) is 0 Å². The van der Waals surface area contributed by atoms with Gasteiger partial charge in [0.15, 0.2) is 5.78 Å². The first-order chi connectivity index (χ1) is 15.3. The van der Waals surface area contributed by atoms with Gasteiger partial charge in [0.1, 0.15) is 5.82 Å². The van der Waals surface area contributed by atoms with Gasteiger partial charge < -0.3 is 10.2 Å². The molecule has 2 aromatic heterocycles. The normalized spacial score (nSPS) is 21.4. The van der Waals surface area contributed by atoms with E-state index < -0.39 is 5.41 Å². The maximum atomic E-state index is 13.5. The van der Waals surface area contributed by atoms with E-state index in [0.717, 1.165) is 40.3 Å². The molecule has 6 nitrogen and oxygen atoms in total. The molecule has 1 aliphatic heterocycles. The minimum Gasteiger partial charge on any atom is -0.343 e. The van der Waals surface area contributed by atoms with E-state index in [1.54, 1.807) is 24.7 Å². The second-order valence-electron chi connectivity index (χ2n) is 9.60. The van der Waals surface area contributed by atoms with Crippen LogP contribution in [0.4, 0.5) is 17.5 Å². The number of hydrogen-bond donors (Lipinski definition) is 1. The summed E-state index contributed by atoms with van der Waals surface area (Å²) in [6.45, 7) is 6.45. The van der Waals surface area contributed by atoms with Crippen LogP contribution in [-0.4, -0.2) is 27.8 Å². The molecule has 5 rings (SSSR count). The van der Waals surface area contributed by atoms with Gasteiger partial charge in [-0.25, -0.2) is 15.0 Å². The Morgan fingerprint density at radius 1 is 0.938 bits per heavy atom. The van der Waals surface area contributed by atoms with Crippen LogP contribution in [0.5, 0.6) is 0 Å². The SMILES string of the molecule is CN(c1cccc([C@]2(C)C3=C(CC(C)(C)CC3=O)Nc3ncccc32)c1)c1ncccn1. The number of benzene rings is 1. The van der Waals surface area contributed by atoms with Gasteiger partial charge in [0.2, 0.25) is 5.95 Å². The van der Waals surface area contributed by atoms with Crippen molar-refractivity contribution in [2.45, 2.75) is 39.0 Å². The molecule has 0 radical (unpaired) electrons. The van der Waals surface area contributed by atoms with Crippen molar-refractivity contribution in [1.82, 2.24) is 15.0 Å². The third-order valence-electron chi connectivity index (χ3n) is 6.65. The smallest absolute Gasteiger partial charge is 0.229 e. The van der Waals surface area contributed by atoms with E-state index in [1.807, 2.05) is 30.1 Å². The van der Waals surface area contributed by atoms with Gasteiger partial charge in [-0.15, -0.1) is 0 Å². The number of fused-ring (bicyclic) bond motifs is 1. The Morgan fingerprint density at radius 2 is 1.69 bits per heavy atom. The molecule has 32 heavy (non-hydrogen) atoms. The number of allylic oxidation sites excluding steroid dienone is 2. The van der Waals surface area contributed by atoms with Crippen molar-refractivity contribution in [1.29, 1.82) is 0 Å². The van der Waals surface area contributed by atoms with Gasteiger partial charge in [-0.05, 0) is 48.6 Å². The monoisotopic (exact) mass is 425 g/mol. The summed E-state index contributed by atoms with van der Waals surface area (Å²) in [6, 6.07) is 14.1. The topological polar surface area (TPSA) is 71.0 Å². The van der Waals surface area contributed by atoms with Gasteiger partial charge in [0.05, 0.1) is 5.41 Å². The number of Topliss-reactive ketones (excluding diaryl/α,β-unsaturated/α-hetero) is 1. The number of rotatable bonds is 3. The summed E-state index contributed by atoms with van der Waals surface area (Å²) in [4.78, 5) is 28.9. The second-order valence-corrected chi connectivity index (χ2v) is 9.60. The Labute approximate surface area is 188 Å². The summed E-state index contributed by atoms with van der Waals surface area (Å²) >= 11 is 0. The number of carbonyl (C=O) groups excluding carboxylic acids is 1. The highest BCUT2D eigenvalue weighted by molar-refractivity contribution is 6.02. The summed E-state index contributed by atoms with van der Waals surface area (Å²) in [6.07, 6.45) is 6.62. The summed E-state index contributed by atoms with van der Waals surface area (Å²) < 4.78 is 0. The summed E-state index contributed by atoms with van der Waals surface area (Å²) in [7, 11) is 1.95. The first-order valence-electron chi connectivity index (χ1n) is 10.9. The fourth-order valence-corrected chi connectivity index (χ4v) is 5.10. The third kappa shape index (κ3) is 3.18. The lowest BCUT2D eigenvalue weighted by Gasteiger charge is -2.44. The van der Waals surface area contributed by atoms with Crippen molar-refractivity contribution < 1.29 is 4.79 Å². The Balaban J connectivity index is 1.69. The summed E-state index contributed by atoms with van der Waals surface area (Å²) in [5.74, 6) is 1.65. The number of anilines is 3. The lowest BCUT2D eigenvalue weighted by atomic mass is 9.62. The Hall–Kier alpha value is -3.54. The average Bonchev–Trinajstić information content (AvgIpc) is 2.78. The van der Waals surface area contributed by atoms with Gasteiger partial charge in [-0.3, -0.25) is 4.79 Å². The molecule has 162 valence electrons. The second kappa shape index (κ2) is 7.26. The van der Waals surface area contributed by atoms with Crippen LogP contribution in [0.15, 0.2) is 72.3 Å². The molecule has 0 unspecified atom stereocenters. The lowest BCUT2D eigenvalue weighted by Crippen LogP contribution is -2.42. The van der Waals surface area contributed by atoms with E-state index in [1.165, 1.54) is 0 Å². The molecule has 0 spiro atoms. The van der Waals surface area contributed by atoms with Crippen LogP contribution in [0.1, 0.15) is 44.7 Å². The van der Waals surface area contributed by atoms with Crippen LogP contribution >= 0.6 is 0 Å². The Morgan fingerprint density at radius 3 is 2.47 bits per heavy atom. The predicted octanol–water partition coefficient (Wildman–Crippen LogP) is 5.01. The van der Waals surface area contributed by atoms with Gasteiger partial charge in [-0.1, -0.05) is 32.0 Å². The fourth-order valence-electron chi connectivity index (χ4n) is 5.10. The number of carbonyl (C=O) groups is 1. The molecule has 0 amide bonds. The van der Waals surface area contributed by atoms with Crippen molar-refractivity contribution in [2.75, 3.05) is 17.3 Å². The van der Waals surface area contributed by atoms with Gasteiger partial charge in [0, 0.05) is 54.6 Å². The molecule has 6 heteroatoms. The van der Waals surface area contributed by atoms with E-state index in [2.05, 4.69) is 59.2 Å². The number of nitrogens with zero attached hydrogens (tertiary/aromatic N) is 4. The summed E-state index contributed by atoms with van der Waals surface area (Å²) in [5.41, 5.74) is 4.19. The first kappa shape index (κ1) is 20.4. The van der Waals surface area contributed by atoms with Gasteiger partial charge in [0.25, 0.3) is 0 Å². The average molecular weight is 426 g/mol.